The van der Waals surface area contributed by atoms with E-state index in [1.165, 1.54) is 5.69 Å². The predicted molar refractivity (Wildman–Crippen MR) is 84.6 cm³/mol. The molecule has 22 heavy (non-hydrogen) atoms. The van der Waals surface area contributed by atoms with Gasteiger partial charge in [-0.1, -0.05) is 0 Å². The number of likely N-dealkylation sites (tertiary alicyclic amines) is 1. The van der Waals surface area contributed by atoms with E-state index in [4.69, 9.17) is 4.74 Å². The van der Waals surface area contributed by atoms with Gasteiger partial charge in [-0.25, -0.2) is 0 Å². The van der Waals surface area contributed by atoms with Gasteiger partial charge in [-0.15, -0.1) is 0 Å². The monoisotopic (exact) mass is 305 g/mol. The first kappa shape index (κ1) is 15.5. The Kier molecular flexibility index (Phi) is 4.81. The summed E-state index contributed by atoms with van der Waals surface area (Å²) in [5.41, 5.74) is 2.22. The van der Waals surface area contributed by atoms with Crippen molar-refractivity contribution in [1.29, 1.82) is 0 Å². The Labute approximate surface area is 132 Å². The van der Waals surface area contributed by atoms with Crippen LogP contribution in [0.15, 0.2) is 6.07 Å². The molecule has 2 unspecified atom stereocenters. The van der Waals surface area contributed by atoms with Crippen LogP contribution in [-0.4, -0.2) is 45.9 Å². The molecular weight excluding hydrogens is 278 g/mol. The lowest BCUT2D eigenvalue weighted by molar-refractivity contribution is -0.132. The van der Waals surface area contributed by atoms with Gasteiger partial charge in [0.1, 0.15) is 0 Å². The molecule has 0 spiro atoms. The molecule has 3 rings (SSSR count). The van der Waals surface area contributed by atoms with Crippen molar-refractivity contribution in [3.8, 4) is 0 Å². The van der Waals surface area contributed by atoms with Gasteiger partial charge in [-0.3, -0.25) is 9.48 Å². The van der Waals surface area contributed by atoms with E-state index in [0.29, 0.717) is 24.5 Å². The van der Waals surface area contributed by atoms with Crippen LogP contribution in [0.5, 0.6) is 0 Å². The SMILES string of the molecule is Cc1cc(C)n(CC2CCCN2C(=O)CCC2CCCO2)n1. The summed E-state index contributed by atoms with van der Waals surface area (Å²) >= 11 is 0. The molecule has 3 heterocycles. The highest BCUT2D eigenvalue weighted by molar-refractivity contribution is 5.76. The minimum atomic E-state index is 0.291. The van der Waals surface area contributed by atoms with Crippen molar-refractivity contribution < 1.29 is 9.53 Å². The summed E-state index contributed by atoms with van der Waals surface area (Å²) < 4.78 is 7.67. The molecule has 0 saturated carbocycles. The van der Waals surface area contributed by atoms with Crippen LogP contribution in [0, 0.1) is 13.8 Å². The summed E-state index contributed by atoms with van der Waals surface area (Å²) in [5, 5.41) is 4.54. The molecule has 1 aromatic rings. The zero-order valence-electron chi connectivity index (χ0n) is 13.8. The standard InChI is InChI=1S/C17H27N3O2/c1-13-11-14(2)20(18-13)12-15-5-3-9-19(15)17(21)8-7-16-6-4-10-22-16/h11,15-16H,3-10,12H2,1-2H3. The highest BCUT2D eigenvalue weighted by Gasteiger charge is 2.30. The molecule has 5 heteroatoms. The maximum atomic E-state index is 12.5. The lowest BCUT2D eigenvalue weighted by Crippen LogP contribution is -2.38. The minimum absolute atomic E-state index is 0.291. The Morgan fingerprint density at radius 3 is 2.91 bits per heavy atom. The van der Waals surface area contributed by atoms with Gasteiger partial charge >= 0.3 is 0 Å². The van der Waals surface area contributed by atoms with E-state index in [2.05, 4.69) is 23.0 Å². The number of aryl methyl sites for hydroxylation is 2. The van der Waals surface area contributed by atoms with E-state index < -0.39 is 0 Å². The molecule has 2 aliphatic rings. The van der Waals surface area contributed by atoms with E-state index in [9.17, 15) is 4.79 Å². The first-order valence-electron chi connectivity index (χ1n) is 8.55. The molecule has 1 amide bonds. The fraction of sp³-hybridized carbons (Fsp3) is 0.765. The number of nitrogens with zero attached hydrogens (tertiary/aromatic N) is 3. The Hall–Kier alpha value is -1.36. The van der Waals surface area contributed by atoms with Crippen LogP contribution >= 0.6 is 0 Å². The third-order valence-corrected chi connectivity index (χ3v) is 4.89. The third-order valence-electron chi connectivity index (χ3n) is 4.89. The number of carbonyl (C=O) groups excluding carboxylic acids is 1. The first-order valence-corrected chi connectivity index (χ1v) is 8.55. The van der Waals surface area contributed by atoms with Crippen molar-refractivity contribution in [3.63, 3.8) is 0 Å². The summed E-state index contributed by atoms with van der Waals surface area (Å²) in [7, 11) is 0. The van der Waals surface area contributed by atoms with E-state index in [1.807, 2.05) is 11.6 Å². The van der Waals surface area contributed by atoms with E-state index >= 15 is 0 Å². The quantitative estimate of drug-likeness (QED) is 0.839. The Bertz CT molecular complexity index is 520. The Morgan fingerprint density at radius 1 is 1.36 bits per heavy atom. The maximum Gasteiger partial charge on any atom is 0.222 e. The average molecular weight is 305 g/mol. The molecule has 0 aliphatic carbocycles. The Morgan fingerprint density at radius 2 is 2.23 bits per heavy atom. The number of aromatic nitrogens is 2. The van der Waals surface area contributed by atoms with Crippen molar-refractivity contribution in [2.24, 2.45) is 0 Å². The van der Waals surface area contributed by atoms with Gasteiger partial charge < -0.3 is 9.64 Å². The molecule has 2 atom stereocenters. The van der Waals surface area contributed by atoms with Gasteiger partial charge in [0, 0.05) is 25.3 Å². The third kappa shape index (κ3) is 3.51. The first-order chi connectivity index (χ1) is 10.6. The maximum absolute atomic E-state index is 12.5. The molecule has 0 bridgehead atoms. The second-order valence-corrected chi connectivity index (χ2v) is 6.67. The fourth-order valence-electron chi connectivity index (χ4n) is 3.71. The molecule has 122 valence electrons. The van der Waals surface area contributed by atoms with Crippen LogP contribution in [0.2, 0.25) is 0 Å². The highest BCUT2D eigenvalue weighted by Crippen LogP contribution is 2.23. The summed E-state index contributed by atoms with van der Waals surface area (Å²) in [6.45, 7) is 6.68. The van der Waals surface area contributed by atoms with Crippen molar-refractivity contribution in [2.45, 2.75) is 71.1 Å². The second kappa shape index (κ2) is 6.82. The van der Waals surface area contributed by atoms with Crippen LogP contribution < -0.4 is 0 Å². The topological polar surface area (TPSA) is 47.4 Å². The summed E-state index contributed by atoms with van der Waals surface area (Å²) in [4.78, 5) is 14.6. The van der Waals surface area contributed by atoms with Gasteiger partial charge in [0.05, 0.1) is 24.4 Å². The molecular formula is C17H27N3O2. The molecule has 0 radical (unpaired) electrons. The van der Waals surface area contributed by atoms with Crippen molar-refractivity contribution in [2.75, 3.05) is 13.2 Å². The zero-order chi connectivity index (χ0) is 15.5. The van der Waals surface area contributed by atoms with Gasteiger partial charge in [-0.05, 0) is 52.0 Å². The molecule has 2 aliphatic heterocycles. The van der Waals surface area contributed by atoms with E-state index in [-0.39, 0.29) is 0 Å². The van der Waals surface area contributed by atoms with Crippen molar-refractivity contribution in [3.05, 3.63) is 17.5 Å². The van der Waals surface area contributed by atoms with E-state index in [1.54, 1.807) is 0 Å². The number of hydrogen-bond acceptors (Lipinski definition) is 3. The van der Waals surface area contributed by atoms with Gasteiger partial charge in [-0.2, -0.15) is 5.10 Å². The second-order valence-electron chi connectivity index (χ2n) is 6.67. The number of ether oxygens (including phenoxy) is 1. The zero-order valence-corrected chi connectivity index (χ0v) is 13.8. The summed E-state index contributed by atoms with van der Waals surface area (Å²) in [6, 6.07) is 2.40. The molecule has 0 N–H and O–H groups in total. The molecule has 0 aromatic carbocycles. The number of hydrogen-bond donors (Lipinski definition) is 0. The minimum Gasteiger partial charge on any atom is -0.378 e. The highest BCUT2D eigenvalue weighted by atomic mass is 16.5. The molecule has 2 fully saturated rings. The van der Waals surface area contributed by atoms with Crippen molar-refractivity contribution >= 4 is 5.91 Å². The van der Waals surface area contributed by atoms with Crippen LogP contribution in [-0.2, 0) is 16.1 Å². The number of carbonyl (C=O) groups is 1. The molecule has 5 nitrogen and oxygen atoms in total. The lowest BCUT2D eigenvalue weighted by atomic mass is 10.1. The molecule has 1 aromatic heterocycles. The normalized spacial score (nSPS) is 25.1. The fourth-order valence-corrected chi connectivity index (χ4v) is 3.71. The smallest absolute Gasteiger partial charge is 0.222 e. The van der Waals surface area contributed by atoms with Crippen LogP contribution in [0.4, 0.5) is 0 Å². The average Bonchev–Trinajstić information content (AvgIpc) is 3.20. The van der Waals surface area contributed by atoms with Crippen LogP contribution in [0.1, 0.15) is 49.9 Å². The number of amides is 1. The summed E-state index contributed by atoms with van der Waals surface area (Å²) in [5.74, 6) is 0.291. The summed E-state index contributed by atoms with van der Waals surface area (Å²) in [6.07, 6.45) is 6.26. The van der Waals surface area contributed by atoms with Crippen molar-refractivity contribution in [1.82, 2.24) is 14.7 Å². The Balaban J connectivity index is 1.55. The van der Waals surface area contributed by atoms with E-state index in [0.717, 1.165) is 57.5 Å². The number of rotatable bonds is 5. The van der Waals surface area contributed by atoms with Gasteiger partial charge in [0.2, 0.25) is 5.91 Å². The largest absolute Gasteiger partial charge is 0.378 e. The molecule has 2 saturated heterocycles. The van der Waals surface area contributed by atoms with Gasteiger partial charge in [0.15, 0.2) is 0 Å². The lowest BCUT2D eigenvalue weighted by Gasteiger charge is -2.25. The van der Waals surface area contributed by atoms with Crippen LogP contribution in [0.3, 0.4) is 0 Å². The predicted octanol–water partition coefficient (Wildman–Crippen LogP) is 2.45. The van der Waals surface area contributed by atoms with Crippen LogP contribution in [0.25, 0.3) is 0 Å². The van der Waals surface area contributed by atoms with Gasteiger partial charge in [0.25, 0.3) is 0 Å².